The minimum absolute atomic E-state index is 0.0749. The average Bonchev–Trinajstić information content (AvgIpc) is 2.15. The maximum absolute atomic E-state index is 9.79. The van der Waals surface area contributed by atoms with E-state index >= 15 is 0 Å². The van der Waals surface area contributed by atoms with E-state index in [0.29, 0.717) is 12.8 Å². The molecule has 0 heterocycles. The predicted molar refractivity (Wildman–Crippen MR) is 54.8 cm³/mol. The monoisotopic (exact) mass is 200 g/mol. The molecule has 0 spiro atoms. The Hall–Kier alpha value is -0.380. The molecule has 3 atom stereocenters. The first-order valence-corrected chi connectivity index (χ1v) is 5.14. The summed E-state index contributed by atoms with van der Waals surface area (Å²) in [6.07, 6.45) is 2.60. The molecule has 14 heavy (non-hydrogen) atoms. The van der Waals surface area contributed by atoms with Gasteiger partial charge in [-0.05, 0) is 29.7 Å². The van der Waals surface area contributed by atoms with Gasteiger partial charge in [0.15, 0.2) is 0 Å². The van der Waals surface area contributed by atoms with Crippen molar-refractivity contribution in [2.45, 2.75) is 32.8 Å². The molecule has 3 N–H and O–H groups in total. The Morgan fingerprint density at radius 1 is 1.50 bits per heavy atom. The van der Waals surface area contributed by atoms with Crippen molar-refractivity contribution in [1.82, 2.24) is 0 Å². The molecule has 3 nitrogen and oxygen atoms in total. The summed E-state index contributed by atoms with van der Waals surface area (Å²) in [5.41, 5.74) is 0.684. The highest BCUT2D eigenvalue weighted by Gasteiger charge is 2.36. The number of rotatable bonds is 3. The van der Waals surface area contributed by atoms with Gasteiger partial charge >= 0.3 is 0 Å². The molecule has 0 amide bonds. The Bertz CT molecular complexity index is 225. The molecule has 0 aromatic heterocycles. The Kier molecular flexibility index (Phi) is 3.70. The van der Waals surface area contributed by atoms with E-state index in [1.54, 1.807) is 0 Å². The van der Waals surface area contributed by atoms with E-state index in [4.69, 9.17) is 5.11 Å². The standard InChI is InChI=1S/C11H20O3/c1-8-5-9(3-4-12)10(14)6-11(8,2)7-13/h5,8,10,12-14H,3-4,6-7H2,1-2H3. The van der Waals surface area contributed by atoms with Gasteiger partial charge in [-0.15, -0.1) is 0 Å². The summed E-state index contributed by atoms with van der Waals surface area (Å²) < 4.78 is 0. The highest BCUT2D eigenvalue weighted by atomic mass is 16.3. The Morgan fingerprint density at radius 3 is 2.64 bits per heavy atom. The van der Waals surface area contributed by atoms with Crippen LogP contribution in [0.25, 0.3) is 0 Å². The largest absolute Gasteiger partial charge is 0.396 e. The molecule has 82 valence electrons. The van der Waals surface area contributed by atoms with Gasteiger partial charge in [-0.25, -0.2) is 0 Å². The van der Waals surface area contributed by atoms with E-state index in [2.05, 4.69) is 0 Å². The van der Waals surface area contributed by atoms with Crippen LogP contribution in [0.2, 0.25) is 0 Å². The quantitative estimate of drug-likeness (QED) is 0.588. The van der Waals surface area contributed by atoms with Gasteiger partial charge in [0.05, 0.1) is 6.10 Å². The van der Waals surface area contributed by atoms with Crippen molar-refractivity contribution in [3.05, 3.63) is 11.6 Å². The molecule has 0 fully saturated rings. The normalized spacial score (nSPS) is 38.2. The lowest BCUT2D eigenvalue weighted by molar-refractivity contribution is 0.0363. The van der Waals surface area contributed by atoms with Crippen LogP contribution in [-0.4, -0.2) is 34.6 Å². The van der Waals surface area contributed by atoms with Crippen LogP contribution in [0, 0.1) is 11.3 Å². The van der Waals surface area contributed by atoms with Crippen molar-refractivity contribution in [3.8, 4) is 0 Å². The van der Waals surface area contributed by atoms with Gasteiger partial charge in [0.1, 0.15) is 0 Å². The molecule has 0 bridgehead atoms. The van der Waals surface area contributed by atoms with Crippen LogP contribution in [0.3, 0.4) is 0 Å². The lowest BCUT2D eigenvalue weighted by atomic mass is 9.69. The second-order valence-electron chi connectivity index (χ2n) is 4.54. The van der Waals surface area contributed by atoms with Gasteiger partial charge < -0.3 is 15.3 Å². The van der Waals surface area contributed by atoms with E-state index in [1.165, 1.54) is 0 Å². The van der Waals surface area contributed by atoms with E-state index in [-0.39, 0.29) is 24.5 Å². The first kappa shape index (κ1) is 11.7. The van der Waals surface area contributed by atoms with Gasteiger partial charge in [0, 0.05) is 13.2 Å². The van der Waals surface area contributed by atoms with Crippen LogP contribution in [0.4, 0.5) is 0 Å². The molecule has 1 rings (SSSR count). The van der Waals surface area contributed by atoms with Gasteiger partial charge in [-0.1, -0.05) is 19.9 Å². The van der Waals surface area contributed by atoms with Crippen molar-refractivity contribution in [1.29, 1.82) is 0 Å². The summed E-state index contributed by atoms with van der Waals surface area (Å²) in [7, 11) is 0. The van der Waals surface area contributed by atoms with E-state index in [0.717, 1.165) is 5.57 Å². The highest BCUT2D eigenvalue weighted by Crippen LogP contribution is 2.39. The molecule has 0 aliphatic heterocycles. The van der Waals surface area contributed by atoms with Crippen molar-refractivity contribution >= 4 is 0 Å². The third kappa shape index (κ3) is 2.16. The molecule has 0 radical (unpaired) electrons. The molecular formula is C11H20O3. The Balaban J connectivity index is 2.80. The zero-order valence-electron chi connectivity index (χ0n) is 8.90. The van der Waals surface area contributed by atoms with E-state index in [9.17, 15) is 10.2 Å². The number of hydrogen-bond donors (Lipinski definition) is 3. The third-order valence-corrected chi connectivity index (χ3v) is 3.41. The maximum atomic E-state index is 9.79. The topological polar surface area (TPSA) is 60.7 Å². The minimum Gasteiger partial charge on any atom is -0.396 e. The van der Waals surface area contributed by atoms with Gasteiger partial charge in [0.2, 0.25) is 0 Å². The second kappa shape index (κ2) is 4.43. The third-order valence-electron chi connectivity index (χ3n) is 3.41. The summed E-state index contributed by atoms with van der Waals surface area (Å²) in [5, 5.41) is 27.9. The fourth-order valence-electron chi connectivity index (χ4n) is 1.98. The lowest BCUT2D eigenvalue weighted by Gasteiger charge is -2.39. The molecule has 3 unspecified atom stereocenters. The average molecular weight is 200 g/mol. The zero-order valence-corrected chi connectivity index (χ0v) is 8.90. The van der Waals surface area contributed by atoms with Gasteiger partial charge in [-0.2, -0.15) is 0 Å². The van der Waals surface area contributed by atoms with Gasteiger partial charge in [-0.3, -0.25) is 0 Å². The number of hydrogen-bond acceptors (Lipinski definition) is 3. The predicted octanol–water partition coefficient (Wildman–Crippen LogP) is 0.695. The zero-order chi connectivity index (χ0) is 10.8. The summed E-state index contributed by atoms with van der Waals surface area (Å²) in [6, 6.07) is 0. The Labute approximate surface area is 85.1 Å². The first-order valence-electron chi connectivity index (χ1n) is 5.14. The number of aliphatic hydroxyl groups is 3. The van der Waals surface area contributed by atoms with Crippen LogP contribution in [-0.2, 0) is 0 Å². The maximum Gasteiger partial charge on any atom is 0.0757 e. The highest BCUT2D eigenvalue weighted by molar-refractivity contribution is 5.17. The molecule has 0 saturated heterocycles. The first-order chi connectivity index (χ1) is 6.53. The van der Waals surface area contributed by atoms with E-state index < -0.39 is 6.10 Å². The number of aliphatic hydroxyl groups excluding tert-OH is 3. The number of allylic oxidation sites excluding steroid dienone is 1. The molecular weight excluding hydrogens is 180 g/mol. The summed E-state index contributed by atoms with van der Waals surface area (Å²) >= 11 is 0. The summed E-state index contributed by atoms with van der Waals surface area (Å²) in [4.78, 5) is 0. The van der Waals surface area contributed by atoms with Crippen molar-refractivity contribution < 1.29 is 15.3 Å². The van der Waals surface area contributed by atoms with Crippen LogP contribution < -0.4 is 0 Å². The van der Waals surface area contributed by atoms with Crippen LogP contribution in [0.15, 0.2) is 11.6 Å². The van der Waals surface area contributed by atoms with Crippen LogP contribution in [0.5, 0.6) is 0 Å². The van der Waals surface area contributed by atoms with Crippen LogP contribution >= 0.6 is 0 Å². The minimum atomic E-state index is -0.504. The fourth-order valence-corrected chi connectivity index (χ4v) is 1.98. The lowest BCUT2D eigenvalue weighted by Crippen LogP contribution is -2.37. The van der Waals surface area contributed by atoms with Crippen molar-refractivity contribution in [3.63, 3.8) is 0 Å². The van der Waals surface area contributed by atoms with Crippen molar-refractivity contribution in [2.24, 2.45) is 11.3 Å². The van der Waals surface area contributed by atoms with E-state index in [1.807, 2.05) is 19.9 Å². The molecule has 1 aliphatic carbocycles. The molecule has 0 aromatic rings. The molecule has 1 aliphatic rings. The summed E-state index contributed by atoms with van der Waals surface area (Å²) in [6.45, 7) is 4.19. The van der Waals surface area contributed by atoms with Gasteiger partial charge in [0.25, 0.3) is 0 Å². The Morgan fingerprint density at radius 2 is 2.14 bits per heavy atom. The molecule has 3 heteroatoms. The molecule has 0 aromatic carbocycles. The van der Waals surface area contributed by atoms with Crippen LogP contribution in [0.1, 0.15) is 26.7 Å². The SMILES string of the molecule is CC1C=C(CCO)C(O)CC1(C)CO. The van der Waals surface area contributed by atoms with Crippen molar-refractivity contribution in [2.75, 3.05) is 13.2 Å². The second-order valence-corrected chi connectivity index (χ2v) is 4.54. The summed E-state index contributed by atoms with van der Waals surface area (Å²) in [5.74, 6) is 0.248. The molecule has 0 saturated carbocycles. The fraction of sp³-hybridized carbons (Fsp3) is 0.818. The smallest absolute Gasteiger partial charge is 0.0757 e.